The lowest BCUT2D eigenvalue weighted by Crippen LogP contribution is -2.04. The second-order valence-corrected chi connectivity index (χ2v) is 5.09. The van der Waals surface area contributed by atoms with Crippen molar-refractivity contribution in [3.8, 4) is 11.5 Å². The van der Waals surface area contributed by atoms with E-state index in [2.05, 4.69) is 0 Å². The summed E-state index contributed by atoms with van der Waals surface area (Å²) in [5.41, 5.74) is 1.92. The number of carbonyl (C=O) groups excluding carboxylic acids is 1. The molecule has 1 aromatic heterocycles. The zero-order valence-corrected chi connectivity index (χ0v) is 12.4. The van der Waals surface area contributed by atoms with Gasteiger partial charge >= 0.3 is 5.97 Å². The Kier molecular flexibility index (Phi) is 5.40. The molecule has 4 nitrogen and oxygen atoms in total. The monoisotopic (exact) mass is 304 g/mol. The third-order valence-electron chi connectivity index (χ3n) is 2.83. The van der Waals surface area contributed by atoms with Crippen molar-refractivity contribution in [1.82, 2.24) is 0 Å². The Morgan fingerprint density at radius 2 is 2.24 bits per heavy atom. The number of phenolic OH excluding ortho intramolecular Hbond substituents is 1. The SMILES string of the molecule is COc1cc(CCOC(=O)C=Cc2ccsc2)ccc1O. The minimum atomic E-state index is -0.369. The van der Waals surface area contributed by atoms with Crippen LogP contribution in [0, 0.1) is 0 Å². The lowest BCUT2D eigenvalue weighted by molar-refractivity contribution is -0.137. The van der Waals surface area contributed by atoms with E-state index in [9.17, 15) is 9.90 Å². The molecule has 0 spiro atoms. The zero-order valence-electron chi connectivity index (χ0n) is 11.6. The van der Waals surface area contributed by atoms with Gasteiger partial charge in [0, 0.05) is 12.5 Å². The van der Waals surface area contributed by atoms with E-state index < -0.39 is 0 Å². The summed E-state index contributed by atoms with van der Waals surface area (Å²) in [4.78, 5) is 11.5. The molecule has 0 atom stereocenters. The van der Waals surface area contributed by atoms with E-state index in [1.807, 2.05) is 16.8 Å². The Morgan fingerprint density at radius 3 is 2.95 bits per heavy atom. The number of aromatic hydroxyl groups is 1. The first-order chi connectivity index (χ1) is 10.2. The quantitative estimate of drug-likeness (QED) is 0.657. The van der Waals surface area contributed by atoms with Crippen molar-refractivity contribution in [2.75, 3.05) is 13.7 Å². The van der Waals surface area contributed by atoms with Gasteiger partial charge in [-0.3, -0.25) is 0 Å². The highest BCUT2D eigenvalue weighted by atomic mass is 32.1. The van der Waals surface area contributed by atoms with Crippen LogP contribution in [0.25, 0.3) is 6.08 Å². The van der Waals surface area contributed by atoms with Crippen molar-refractivity contribution >= 4 is 23.4 Å². The fourth-order valence-electron chi connectivity index (χ4n) is 1.73. The molecule has 110 valence electrons. The maximum atomic E-state index is 11.5. The number of carbonyl (C=O) groups is 1. The Labute approximate surface area is 127 Å². The lowest BCUT2D eigenvalue weighted by atomic mass is 10.1. The third kappa shape index (κ3) is 4.65. The summed E-state index contributed by atoms with van der Waals surface area (Å²) in [6, 6.07) is 6.99. The summed E-state index contributed by atoms with van der Waals surface area (Å²) in [5.74, 6) is 0.139. The van der Waals surface area contributed by atoms with Crippen molar-refractivity contribution in [3.05, 3.63) is 52.2 Å². The van der Waals surface area contributed by atoms with Gasteiger partial charge in [-0.25, -0.2) is 4.79 Å². The maximum Gasteiger partial charge on any atom is 0.330 e. The minimum absolute atomic E-state index is 0.0944. The van der Waals surface area contributed by atoms with Crippen LogP contribution < -0.4 is 4.74 Å². The predicted molar refractivity (Wildman–Crippen MR) is 82.7 cm³/mol. The molecular formula is C16H16O4S. The highest BCUT2D eigenvalue weighted by Crippen LogP contribution is 2.26. The van der Waals surface area contributed by atoms with Crippen LogP contribution in [0.1, 0.15) is 11.1 Å². The van der Waals surface area contributed by atoms with Gasteiger partial charge < -0.3 is 14.6 Å². The van der Waals surface area contributed by atoms with Gasteiger partial charge in [0.2, 0.25) is 0 Å². The predicted octanol–water partition coefficient (Wildman–Crippen LogP) is 3.26. The third-order valence-corrected chi connectivity index (χ3v) is 3.54. The van der Waals surface area contributed by atoms with Crippen LogP contribution in [-0.4, -0.2) is 24.8 Å². The second-order valence-electron chi connectivity index (χ2n) is 4.31. The van der Waals surface area contributed by atoms with Gasteiger partial charge in [0.1, 0.15) is 0 Å². The van der Waals surface area contributed by atoms with Crippen molar-refractivity contribution in [2.45, 2.75) is 6.42 Å². The van der Waals surface area contributed by atoms with Crippen molar-refractivity contribution in [1.29, 1.82) is 0 Å². The Balaban J connectivity index is 1.80. The van der Waals surface area contributed by atoms with Crippen molar-refractivity contribution in [2.24, 2.45) is 0 Å². The van der Waals surface area contributed by atoms with E-state index in [-0.39, 0.29) is 18.3 Å². The molecule has 0 saturated carbocycles. The van der Waals surface area contributed by atoms with E-state index >= 15 is 0 Å². The molecular weight excluding hydrogens is 288 g/mol. The van der Waals surface area contributed by atoms with Gasteiger partial charge in [-0.2, -0.15) is 11.3 Å². The molecule has 0 saturated heterocycles. The summed E-state index contributed by atoms with van der Waals surface area (Å²) in [6.07, 6.45) is 3.70. The summed E-state index contributed by atoms with van der Waals surface area (Å²) >= 11 is 1.58. The number of thiophene rings is 1. The smallest absolute Gasteiger partial charge is 0.330 e. The molecule has 0 amide bonds. The molecule has 0 aliphatic heterocycles. The van der Waals surface area contributed by atoms with Gasteiger partial charge in [-0.15, -0.1) is 0 Å². The Morgan fingerprint density at radius 1 is 1.38 bits per heavy atom. The molecule has 0 bridgehead atoms. The minimum Gasteiger partial charge on any atom is -0.504 e. The van der Waals surface area contributed by atoms with E-state index in [0.29, 0.717) is 12.2 Å². The van der Waals surface area contributed by atoms with Crippen LogP contribution in [0.5, 0.6) is 11.5 Å². The van der Waals surface area contributed by atoms with Crippen LogP contribution in [0.4, 0.5) is 0 Å². The molecule has 2 aromatic rings. The van der Waals surface area contributed by atoms with E-state index in [4.69, 9.17) is 9.47 Å². The number of methoxy groups -OCH3 is 1. The average Bonchev–Trinajstić information content (AvgIpc) is 3.00. The summed E-state index contributed by atoms with van der Waals surface area (Å²) in [5, 5.41) is 13.4. The molecule has 2 rings (SSSR count). The Hall–Kier alpha value is -2.27. The number of esters is 1. The summed E-state index contributed by atoms with van der Waals surface area (Å²) in [6.45, 7) is 0.279. The van der Waals surface area contributed by atoms with Crippen LogP contribution in [0.15, 0.2) is 41.1 Å². The van der Waals surface area contributed by atoms with Gasteiger partial charge in [0.05, 0.1) is 13.7 Å². The number of ether oxygens (including phenoxy) is 2. The molecule has 0 aliphatic carbocycles. The normalized spacial score (nSPS) is 10.7. The number of hydrogen-bond acceptors (Lipinski definition) is 5. The zero-order chi connectivity index (χ0) is 15.1. The van der Waals surface area contributed by atoms with Crippen LogP contribution in [0.3, 0.4) is 0 Å². The van der Waals surface area contributed by atoms with Gasteiger partial charge in [-0.1, -0.05) is 6.07 Å². The molecule has 1 N–H and O–H groups in total. The van der Waals surface area contributed by atoms with E-state index in [1.165, 1.54) is 13.2 Å². The second kappa shape index (κ2) is 7.50. The highest BCUT2D eigenvalue weighted by Gasteiger charge is 2.04. The highest BCUT2D eigenvalue weighted by molar-refractivity contribution is 7.08. The van der Waals surface area contributed by atoms with Crippen LogP contribution in [0.2, 0.25) is 0 Å². The number of rotatable bonds is 6. The Bertz CT molecular complexity index is 617. The fraction of sp³-hybridized carbons (Fsp3) is 0.188. The van der Waals surface area contributed by atoms with Crippen molar-refractivity contribution in [3.63, 3.8) is 0 Å². The van der Waals surface area contributed by atoms with Crippen molar-refractivity contribution < 1.29 is 19.4 Å². The molecule has 21 heavy (non-hydrogen) atoms. The molecule has 0 aliphatic rings. The fourth-order valence-corrected chi connectivity index (χ4v) is 2.36. The molecule has 1 heterocycles. The molecule has 0 unspecified atom stereocenters. The van der Waals surface area contributed by atoms with E-state index in [1.54, 1.807) is 35.6 Å². The number of phenols is 1. The first-order valence-electron chi connectivity index (χ1n) is 6.42. The van der Waals surface area contributed by atoms with Gasteiger partial charge in [-0.05, 0) is 46.2 Å². The molecule has 5 heteroatoms. The molecule has 0 radical (unpaired) electrons. The van der Waals surface area contributed by atoms with E-state index in [0.717, 1.165) is 11.1 Å². The average molecular weight is 304 g/mol. The van der Waals surface area contributed by atoms with Crippen LogP contribution in [-0.2, 0) is 16.0 Å². The molecule has 0 fully saturated rings. The number of benzene rings is 1. The molecule has 1 aromatic carbocycles. The standard InChI is InChI=1S/C16H16O4S/c1-19-15-10-12(2-4-14(15)17)6-8-20-16(18)5-3-13-7-9-21-11-13/h2-5,7,9-11,17H,6,8H2,1H3. The van der Waals surface area contributed by atoms with Gasteiger partial charge in [0.25, 0.3) is 0 Å². The first-order valence-corrected chi connectivity index (χ1v) is 7.36. The summed E-state index contributed by atoms with van der Waals surface area (Å²) in [7, 11) is 1.49. The largest absolute Gasteiger partial charge is 0.504 e. The lowest BCUT2D eigenvalue weighted by Gasteiger charge is -2.06. The van der Waals surface area contributed by atoms with Crippen LogP contribution >= 0.6 is 11.3 Å². The first kappa shape index (κ1) is 15.1. The van der Waals surface area contributed by atoms with Gasteiger partial charge in [0.15, 0.2) is 11.5 Å². The maximum absolute atomic E-state index is 11.5. The summed E-state index contributed by atoms with van der Waals surface area (Å²) < 4.78 is 10.1. The topological polar surface area (TPSA) is 55.8 Å². The number of hydrogen-bond donors (Lipinski definition) is 1.